The van der Waals surface area contributed by atoms with E-state index in [0.29, 0.717) is 17.5 Å². The Morgan fingerprint density at radius 2 is 2.11 bits per heavy atom. The van der Waals surface area contributed by atoms with E-state index in [1.54, 1.807) is 12.4 Å². The summed E-state index contributed by atoms with van der Waals surface area (Å²) in [5.74, 6) is -0.273. The van der Waals surface area contributed by atoms with Crippen LogP contribution in [0.4, 0.5) is 0 Å². The first-order valence-corrected chi connectivity index (χ1v) is 6.24. The van der Waals surface area contributed by atoms with Crippen molar-refractivity contribution in [1.29, 1.82) is 0 Å². The normalized spacial score (nSPS) is 10.5. The lowest BCUT2D eigenvalue weighted by Gasteiger charge is -2.05. The molecule has 0 aliphatic rings. The van der Waals surface area contributed by atoms with Gasteiger partial charge in [0.25, 0.3) is 0 Å². The van der Waals surface area contributed by atoms with Crippen LogP contribution in [0.25, 0.3) is 11.4 Å². The molecule has 2 aromatic rings. The number of carboxylic acid groups (broad SMARTS) is 1. The van der Waals surface area contributed by atoms with E-state index in [1.807, 2.05) is 11.5 Å². The summed E-state index contributed by atoms with van der Waals surface area (Å²) in [6.45, 7) is 2.60. The highest BCUT2D eigenvalue weighted by molar-refractivity contribution is 7.99. The number of carbonyl (C=O) groups is 1. The second kappa shape index (κ2) is 5.58. The Hall–Kier alpha value is -1.96. The summed E-state index contributed by atoms with van der Waals surface area (Å²) < 4.78 is 1.84. The fourth-order valence-electron chi connectivity index (χ4n) is 1.43. The average Bonchev–Trinajstić information content (AvgIpc) is 2.80. The molecule has 2 aromatic heterocycles. The van der Waals surface area contributed by atoms with Crippen LogP contribution in [0.3, 0.4) is 0 Å². The van der Waals surface area contributed by atoms with E-state index in [-0.39, 0.29) is 5.75 Å². The Balaban J connectivity index is 2.30. The van der Waals surface area contributed by atoms with Gasteiger partial charge < -0.3 is 9.67 Å². The molecule has 0 saturated carbocycles. The minimum Gasteiger partial charge on any atom is -0.481 e. The molecular formula is C10H11N5O2S. The van der Waals surface area contributed by atoms with Crippen molar-refractivity contribution in [1.82, 2.24) is 24.7 Å². The van der Waals surface area contributed by atoms with Gasteiger partial charge in [-0.1, -0.05) is 11.8 Å². The van der Waals surface area contributed by atoms with Gasteiger partial charge in [-0.05, 0) is 6.92 Å². The van der Waals surface area contributed by atoms with Gasteiger partial charge in [-0.2, -0.15) is 0 Å². The van der Waals surface area contributed by atoms with Crippen LogP contribution in [0.15, 0.2) is 23.9 Å². The Labute approximate surface area is 107 Å². The molecule has 0 spiro atoms. The highest BCUT2D eigenvalue weighted by Gasteiger charge is 2.14. The number of aromatic nitrogens is 5. The van der Waals surface area contributed by atoms with Crippen molar-refractivity contribution in [2.45, 2.75) is 18.6 Å². The summed E-state index contributed by atoms with van der Waals surface area (Å²) in [4.78, 5) is 18.4. The summed E-state index contributed by atoms with van der Waals surface area (Å²) in [6.07, 6.45) is 4.74. The number of rotatable bonds is 5. The maximum absolute atomic E-state index is 10.6. The second-order valence-corrected chi connectivity index (χ2v) is 4.30. The van der Waals surface area contributed by atoms with E-state index < -0.39 is 5.97 Å². The molecule has 2 heterocycles. The van der Waals surface area contributed by atoms with Crippen molar-refractivity contribution >= 4 is 17.7 Å². The van der Waals surface area contributed by atoms with Crippen LogP contribution in [0.1, 0.15) is 6.92 Å². The zero-order valence-corrected chi connectivity index (χ0v) is 10.5. The van der Waals surface area contributed by atoms with Crippen LogP contribution in [-0.2, 0) is 11.3 Å². The minimum atomic E-state index is -0.879. The Bertz CT molecular complexity index is 542. The molecular weight excluding hydrogens is 254 g/mol. The SMILES string of the molecule is CCn1c(SCC(=O)O)nnc1-c1cncnc1. The lowest BCUT2D eigenvalue weighted by molar-refractivity contribution is -0.133. The molecule has 0 fully saturated rings. The molecule has 0 amide bonds. The Morgan fingerprint density at radius 3 is 2.72 bits per heavy atom. The Kier molecular flexibility index (Phi) is 3.88. The predicted octanol–water partition coefficient (Wildman–Crippen LogP) is 0.932. The number of carboxylic acids is 1. The first-order chi connectivity index (χ1) is 8.72. The van der Waals surface area contributed by atoms with Crippen LogP contribution in [-0.4, -0.2) is 41.6 Å². The molecule has 0 unspecified atom stereocenters. The van der Waals surface area contributed by atoms with E-state index >= 15 is 0 Å². The molecule has 18 heavy (non-hydrogen) atoms. The average molecular weight is 265 g/mol. The highest BCUT2D eigenvalue weighted by atomic mass is 32.2. The van der Waals surface area contributed by atoms with Gasteiger partial charge in [-0.15, -0.1) is 10.2 Å². The molecule has 2 rings (SSSR count). The third-order valence-corrected chi connectivity index (χ3v) is 3.13. The van der Waals surface area contributed by atoms with Crippen molar-refractivity contribution in [3.05, 3.63) is 18.7 Å². The molecule has 7 nitrogen and oxygen atoms in total. The van der Waals surface area contributed by atoms with Crippen LogP contribution >= 0.6 is 11.8 Å². The highest BCUT2D eigenvalue weighted by Crippen LogP contribution is 2.22. The molecule has 1 N–H and O–H groups in total. The minimum absolute atomic E-state index is 0.0383. The number of aliphatic carboxylic acids is 1. The second-order valence-electron chi connectivity index (χ2n) is 3.36. The predicted molar refractivity (Wildman–Crippen MR) is 65.1 cm³/mol. The molecule has 94 valence electrons. The molecule has 0 aromatic carbocycles. The maximum Gasteiger partial charge on any atom is 0.313 e. The van der Waals surface area contributed by atoms with E-state index in [0.717, 1.165) is 17.3 Å². The molecule has 0 bridgehead atoms. The monoisotopic (exact) mass is 265 g/mol. The van der Waals surface area contributed by atoms with Gasteiger partial charge in [0.2, 0.25) is 0 Å². The maximum atomic E-state index is 10.6. The number of thioether (sulfide) groups is 1. The lowest BCUT2D eigenvalue weighted by atomic mass is 10.3. The first kappa shape index (κ1) is 12.5. The van der Waals surface area contributed by atoms with Gasteiger partial charge in [0.15, 0.2) is 11.0 Å². The zero-order chi connectivity index (χ0) is 13.0. The smallest absolute Gasteiger partial charge is 0.313 e. The summed E-state index contributed by atoms with van der Waals surface area (Å²) in [7, 11) is 0. The molecule has 0 aliphatic heterocycles. The van der Waals surface area contributed by atoms with Gasteiger partial charge in [0, 0.05) is 18.9 Å². The zero-order valence-electron chi connectivity index (χ0n) is 9.65. The quantitative estimate of drug-likeness (QED) is 0.804. The molecule has 0 saturated heterocycles. The summed E-state index contributed by atoms with van der Waals surface area (Å²) in [5, 5.41) is 17.3. The summed E-state index contributed by atoms with van der Waals surface area (Å²) in [5.41, 5.74) is 0.758. The number of hydrogen-bond donors (Lipinski definition) is 1. The fraction of sp³-hybridized carbons (Fsp3) is 0.300. The molecule has 0 aliphatic carbocycles. The Morgan fingerprint density at radius 1 is 1.39 bits per heavy atom. The molecule has 0 radical (unpaired) electrons. The standard InChI is InChI=1S/C10H11N5O2S/c1-2-15-9(7-3-11-6-12-4-7)13-14-10(15)18-5-8(16)17/h3-4,6H,2,5H2,1H3,(H,16,17). The first-order valence-electron chi connectivity index (χ1n) is 5.25. The van der Waals surface area contributed by atoms with Crippen LogP contribution in [0, 0.1) is 0 Å². The van der Waals surface area contributed by atoms with Crippen molar-refractivity contribution < 1.29 is 9.90 Å². The van der Waals surface area contributed by atoms with Gasteiger partial charge in [-0.3, -0.25) is 4.79 Å². The van der Waals surface area contributed by atoms with Crippen molar-refractivity contribution in [2.75, 3.05) is 5.75 Å². The largest absolute Gasteiger partial charge is 0.481 e. The van der Waals surface area contributed by atoms with E-state index in [1.165, 1.54) is 6.33 Å². The van der Waals surface area contributed by atoms with E-state index in [9.17, 15) is 4.79 Å². The van der Waals surface area contributed by atoms with Crippen molar-refractivity contribution in [3.63, 3.8) is 0 Å². The van der Waals surface area contributed by atoms with Gasteiger partial charge >= 0.3 is 5.97 Å². The van der Waals surface area contributed by atoms with Gasteiger partial charge in [0.05, 0.1) is 11.3 Å². The third kappa shape index (κ3) is 2.65. The van der Waals surface area contributed by atoms with E-state index in [2.05, 4.69) is 20.2 Å². The topological polar surface area (TPSA) is 93.8 Å². The fourth-order valence-corrected chi connectivity index (χ4v) is 2.16. The molecule has 0 atom stereocenters. The third-order valence-electron chi connectivity index (χ3n) is 2.18. The van der Waals surface area contributed by atoms with Crippen LogP contribution in [0.2, 0.25) is 0 Å². The van der Waals surface area contributed by atoms with Gasteiger partial charge in [0.1, 0.15) is 6.33 Å². The van der Waals surface area contributed by atoms with Crippen molar-refractivity contribution in [3.8, 4) is 11.4 Å². The van der Waals surface area contributed by atoms with Crippen molar-refractivity contribution in [2.24, 2.45) is 0 Å². The number of hydrogen-bond acceptors (Lipinski definition) is 6. The molecule has 8 heteroatoms. The summed E-state index contributed by atoms with van der Waals surface area (Å²) >= 11 is 1.14. The lowest BCUT2D eigenvalue weighted by Crippen LogP contribution is -2.03. The van der Waals surface area contributed by atoms with Crippen LogP contribution in [0.5, 0.6) is 0 Å². The number of nitrogens with zero attached hydrogens (tertiary/aromatic N) is 5. The summed E-state index contributed by atoms with van der Waals surface area (Å²) in [6, 6.07) is 0. The van der Waals surface area contributed by atoms with Gasteiger partial charge in [-0.25, -0.2) is 9.97 Å². The van der Waals surface area contributed by atoms with Crippen LogP contribution < -0.4 is 0 Å². The van der Waals surface area contributed by atoms with E-state index in [4.69, 9.17) is 5.11 Å².